The van der Waals surface area contributed by atoms with Crippen LogP contribution >= 0.6 is 11.8 Å². The van der Waals surface area contributed by atoms with E-state index in [9.17, 15) is 0 Å². The van der Waals surface area contributed by atoms with Crippen molar-refractivity contribution in [1.82, 2.24) is 9.47 Å². The molecule has 0 bridgehead atoms. The second kappa shape index (κ2) is 8.32. The Labute approximate surface area is 185 Å². The molecule has 6 heteroatoms. The van der Waals surface area contributed by atoms with Crippen LogP contribution in [-0.4, -0.2) is 29.1 Å². The SMILES string of the molecule is COC1=CN(C)C(N=Nc2c(-c3ccccc3)n(-c3ccccc3)c3ccccc23)S1. The van der Waals surface area contributed by atoms with E-state index < -0.39 is 0 Å². The van der Waals surface area contributed by atoms with E-state index in [-0.39, 0.29) is 5.50 Å². The van der Waals surface area contributed by atoms with E-state index in [1.54, 1.807) is 18.9 Å². The molecule has 0 spiro atoms. The summed E-state index contributed by atoms with van der Waals surface area (Å²) in [7, 11) is 3.65. The maximum Gasteiger partial charge on any atom is 0.196 e. The summed E-state index contributed by atoms with van der Waals surface area (Å²) in [6.45, 7) is 0. The molecule has 1 aromatic heterocycles. The Balaban J connectivity index is 1.72. The number of azo groups is 1. The van der Waals surface area contributed by atoms with Crippen LogP contribution in [0.15, 0.2) is 106 Å². The second-order valence-corrected chi connectivity index (χ2v) is 8.29. The lowest BCUT2D eigenvalue weighted by atomic mass is 10.1. The number of benzene rings is 3. The number of methoxy groups -OCH3 is 1. The number of thioether (sulfide) groups is 1. The molecule has 2 heterocycles. The summed E-state index contributed by atoms with van der Waals surface area (Å²) in [5.74, 6) is 0. The fourth-order valence-electron chi connectivity index (χ4n) is 3.79. The maximum absolute atomic E-state index is 5.37. The molecule has 0 aliphatic carbocycles. The van der Waals surface area contributed by atoms with E-state index in [2.05, 4.69) is 76.4 Å². The Hall–Kier alpha value is -3.51. The number of hydrogen-bond donors (Lipinski definition) is 0. The molecule has 1 unspecified atom stereocenters. The minimum absolute atomic E-state index is 0.155. The normalized spacial score (nSPS) is 16.3. The van der Waals surface area contributed by atoms with Gasteiger partial charge in [0.25, 0.3) is 0 Å². The second-order valence-electron chi connectivity index (χ2n) is 7.23. The molecular formula is C25H22N4OS. The van der Waals surface area contributed by atoms with Gasteiger partial charge in [0.05, 0.1) is 24.5 Å². The fraction of sp³-hybridized carbons (Fsp3) is 0.120. The van der Waals surface area contributed by atoms with Crippen LogP contribution in [0.5, 0.6) is 0 Å². The van der Waals surface area contributed by atoms with Crippen LogP contribution in [0.25, 0.3) is 27.8 Å². The van der Waals surface area contributed by atoms with Gasteiger partial charge in [-0.25, -0.2) is 0 Å². The zero-order valence-corrected chi connectivity index (χ0v) is 18.2. The molecule has 0 radical (unpaired) electrons. The first-order chi connectivity index (χ1) is 15.3. The molecule has 5 nitrogen and oxygen atoms in total. The molecule has 3 aromatic carbocycles. The molecule has 154 valence electrons. The standard InChI is InChI=1S/C25H22N4OS/c1-28-17-22(30-2)31-25(28)27-26-23-20-15-9-10-16-21(20)29(19-13-7-4-8-14-19)24(23)18-11-5-3-6-12-18/h3-17,25H,1-2H3. The van der Waals surface area contributed by atoms with Gasteiger partial charge in [0.2, 0.25) is 0 Å². The van der Waals surface area contributed by atoms with Gasteiger partial charge in [-0.15, -0.1) is 0 Å². The Kier molecular flexibility index (Phi) is 5.22. The number of hydrogen-bond acceptors (Lipinski definition) is 5. The molecule has 0 saturated carbocycles. The molecule has 5 rings (SSSR count). The molecule has 4 aromatic rings. The summed E-state index contributed by atoms with van der Waals surface area (Å²) in [5.41, 5.74) is 5.03. The average Bonchev–Trinajstić information content (AvgIpc) is 3.36. The zero-order chi connectivity index (χ0) is 21.2. The van der Waals surface area contributed by atoms with Crippen molar-refractivity contribution < 1.29 is 4.74 Å². The monoisotopic (exact) mass is 426 g/mol. The Bertz CT molecular complexity index is 1260. The summed E-state index contributed by atoms with van der Waals surface area (Å²) in [5, 5.41) is 11.4. The Morgan fingerprint density at radius 1 is 0.871 bits per heavy atom. The molecule has 0 N–H and O–H groups in total. The van der Waals surface area contributed by atoms with Gasteiger partial charge in [0, 0.05) is 23.7 Å². The summed E-state index contributed by atoms with van der Waals surface area (Å²) >= 11 is 1.55. The highest BCUT2D eigenvalue weighted by atomic mass is 32.2. The van der Waals surface area contributed by atoms with Crippen LogP contribution in [-0.2, 0) is 4.74 Å². The van der Waals surface area contributed by atoms with Crippen molar-refractivity contribution in [3.63, 3.8) is 0 Å². The van der Waals surface area contributed by atoms with E-state index in [0.29, 0.717) is 0 Å². The smallest absolute Gasteiger partial charge is 0.196 e. The maximum atomic E-state index is 5.37. The highest BCUT2D eigenvalue weighted by Gasteiger charge is 2.24. The van der Waals surface area contributed by atoms with E-state index in [0.717, 1.165) is 38.6 Å². The summed E-state index contributed by atoms with van der Waals surface area (Å²) in [4.78, 5) is 2.01. The van der Waals surface area contributed by atoms with Crippen molar-refractivity contribution in [3.8, 4) is 16.9 Å². The van der Waals surface area contributed by atoms with Crippen LogP contribution in [0.3, 0.4) is 0 Å². The van der Waals surface area contributed by atoms with Crippen LogP contribution in [0.2, 0.25) is 0 Å². The number of para-hydroxylation sites is 2. The molecule has 0 amide bonds. The molecule has 0 saturated heterocycles. The van der Waals surface area contributed by atoms with Crippen molar-refractivity contribution in [1.29, 1.82) is 0 Å². The van der Waals surface area contributed by atoms with Gasteiger partial charge < -0.3 is 14.2 Å². The first kappa shape index (κ1) is 19.5. The number of nitrogens with zero attached hydrogens (tertiary/aromatic N) is 4. The summed E-state index contributed by atoms with van der Waals surface area (Å²) in [6, 6.07) is 29.1. The van der Waals surface area contributed by atoms with Gasteiger partial charge in [0.1, 0.15) is 5.69 Å². The van der Waals surface area contributed by atoms with Gasteiger partial charge in [-0.05, 0) is 30.0 Å². The fourth-order valence-corrected chi connectivity index (χ4v) is 4.64. The zero-order valence-electron chi connectivity index (χ0n) is 17.3. The topological polar surface area (TPSA) is 42.1 Å². The molecule has 31 heavy (non-hydrogen) atoms. The predicted octanol–water partition coefficient (Wildman–Crippen LogP) is 6.79. The van der Waals surface area contributed by atoms with E-state index in [1.165, 1.54) is 0 Å². The van der Waals surface area contributed by atoms with Crippen molar-refractivity contribution in [2.75, 3.05) is 14.2 Å². The van der Waals surface area contributed by atoms with Gasteiger partial charge in [-0.2, -0.15) is 10.2 Å². The number of fused-ring (bicyclic) bond motifs is 1. The van der Waals surface area contributed by atoms with Gasteiger partial charge in [0.15, 0.2) is 10.6 Å². The Morgan fingerprint density at radius 3 is 2.26 bits per heavy atom. The lowest BCUT2D eigenvalue weighted by Crippen LogP contribution is -2.16. The van der Waals surface area contributed by atoms with Crippen LogP contribution in [0, 0.1) is 0 Å². The van der Waals surface area contributed by atoms with Crippen molar-refractivity contribution in [2.45, 2.75) is 5.50 Å². The summed E-state index contributed by atoms with van der Waals surface area (Å²) in [6.07, 6.45) is 1.94. The first-order valence-electron chi connectivity index (χ1n) is 10.1. The van der Waals surface area contributed by atoms with Crippen LogP contribution in [0.1, 0.15) is 0 Å². The van der Waals surface area contributed by atoms with Crippen molar-refractivity contribution >= 4 is 28.4 Å². The lowest BCUT2D eigenvalue weighted by molar-refractivity contribution is 0.318. The van der Waals surface area contributed by atoms with Gasteiger partial charge in [-0.1, -0.05) is 66.7 Å². The predicted molar refractivity (Wildman–Crippen MR) is 127 cm³/mol. The van der Waals surface area contributed by atoms with Gasteiger partial charge >= 0.3 is 0 Å². The average molecular weight is 427 g/mol. The minimum Gasteiger partial charge on any atom is -0.489 e. The third-order valence-corrected chi connectivity index (χ3v) is 6.39. The number of ether oxygens (including phenoxy) is 1. The first-order valence-corrected chi connectivity index (χ1v) is 10.9. The highest BCUT2D eigenvalue weighted by Crippen LogP contribution is 2.43. The van der Waals surface area contributed by atoms with Gasteiger partial charge in [-0.3, -0.25) is 0 Å². The minimum atomic E-state index is -0.155. The highest BCUT2D eigenvalue weighted by molar-refractivity contribution is 8.03. The van der Waals surface area contributed by atoms with E-state index in [1.807, 2.05) is 36.3 Å². The molecule has 1 atom stereocenters. The number of rotatable bonds is 5. The summed E-state index contributed by atoms with van der Waals surface area (Å²) < 4.78 is 7.63. The lowest BCUT2D eigenvalue weighted by Gasteiger charge is -2.13. The third kappa shape index (κ3) is 3.59. The molecular weight excluding hydrogens is 404 g/mol. The van der Waals surface area contributed by atoms with Crippen LogP contribution < -0.4 is 0 Å². The third-order valence-electron chi connectivity index (χ3n) is 5.25. The van der Waals surface area contributed by atoms with E-state index in [4.69, 9.17) is 9.85 Å². The van der Waals surface area contributed by atoms with E-state index >= 15 is 0 Å². The number of aromatic nitrogens is 1. The molecule has 1 aliphatic heterocycles. The largest absolute Gasteiger partial charge is 0.489 e. The van der Waals surface area contributed by atoms with Crippen molar-refractivity contribution in [2.24, 2.45) is 10.2 Å². The Morgan fingerprint density at radius 2 is 1.55 bits per heavy atom. The van der Waals surface area contributed by atoms with Crippen LogP contribution in [0.4, 0.5) is 5.69 Å². The molecule has 0 fully saturated rings. The molecule has 1 aliphatic rings. The van der Waals surface area contributed by atoms with Crippen molar-refractivity contribution in [3.05, 3.63) is 96.2 Å². The quantitative estimate of drug-likeness (QED) is 0.330.